The highest BCUT2D eigenvalue weighted by Gasteiger charge is 2.25. The van der Waals surface area contributed by atoms with Gasteiger partial charge in [-0.2, -0.15) is 0 Å². The Morgan fingerprint density at radius 2 is 0.966 bits per heavy atom. The summed E-state index contributed by atoms with van der Waals surface area (Å²) < 4.78 is 15.8. The summed E-state index contributed by atoms with van der Waals surface area (Å²) in [6.07, 6.45) is 0. The summed E-state index contributed by atoms with van der Waals surface area (Å²) in [5.74, 6) is 0. The average molecular weight is 743 g/mol. The Labute approximate surface area is 334 Å². The first-order valence-electron chi connectivity index (χ1n) is 19.7. The van der Waals surface area contributed by atoms with Crippen LogP contribution in [0.1, 0.15) is 0 Å². The van der Waals surface area contributed by atoms with Crippen LogP contribution in [0, 0.1) is 0 Å². The van der Waals surface area contributed by atoms with Gasteiger partial charge >= 0.3 is 0 Å². The molecular weight excluding hydrogens is 709 g/mol. The monoisotopic (exact) mass is 742 g/mol. The van der Waals surface area contributed by atoms with Gasteiger partial charge in [0.15, 0.2) is 5.58 Å². The van der Waals surface area contributed by atoms with Crippen molar-refractivity contribution >= 4 is 82.7 Å². The van der Waals surface area contributed by atoms with Gasteiger partial charge in [0.05, 0.1) is 33.5 Å². The second-order valence-corrected chi connectivity index (χ2v) is 14.8. The second kappa shape index (κ2) is 12.9. The molecule has 0 unspecified atom stereocenters. The number of aromatic nitrogens is 1. The predicted octanol–water partition coefficient (Wildman–Crippen LogP) is 15.4. The van der Waals surface area contributed by atoms with Crippen LogP contribution in [-0.2, 0) is 0 Å². The standard InChI is InChI=1S/C54H34N2O2/c1-3-16-35(17-4-1)38-20-7-11-25-45(38)55(47-27-15-24-43-42-22-9-13-28-49(42)58-54(43)47)37-30-31-41-40-21-8-12-26-46(40)56(48(41)34-37)53-39(36-18-5-2-6-19-36)32-33-51-52(53)44-23-10-14-29-50(44)57-51/h1-34H. The first kappa shape index (κ1) is 32.4. The van der Waals surface area contributed by atoms with E-state index in [9.17, 15) is 0 Å². The highest BCUT2D eigenvalue weighted by Crippen LogP contribution is 2.48. The van der Waals surface area contributed by atoms with E-state index in [1.165, 1.54) is 10.8 Å². The van der Waals surface area contributed by atoms with Crippen LogP contribution in [0.2, 0.25) is 0 Å². The van der Waals surface area contributed by atoms with Crippen molar-refractivity contribution in [3.05, 3.63) is 206 Å². The van der Waals surface area contributed by atoms with Crippen LogP contribution in [0.4, 0.5) is 17.1 Å². The minimum Gasteiger partial charge on any atom is -0.456 e. The zero-order chi connectivity index (χ0) is 38.2. The maximum atomic E-state index is 6.77. The normalized spacial score (nSPS) is 11.8. The van der Waals surface area contributed by atoms with Crippen molar-refractivity contribution in [2.75, 3.05) is 4.90 Å². The fourth-order valence-electron chi connectivity index (χ4n) is 9.07. The fourth-order valence-corrected chi connectivity index (χ4v) is 9.07. The molecule has 12 aromatic rings. The second-order valence-electron chi connectivity index (χ2n) is 14.8. The number of fused-ring (bicyclic) bond motifs is 9. The van der Waals surface area contributed by atoms with E-state index < -0.39 is 0 Å². The zero-order valence-electron chi connectivity index (χ0n) is 31.3. The third-order valence-electron chi connectivity index (χ3n) is 11.6. The zero-order valence-corrected chi connectivity index (χ0v) is 31.3. The van der Waals surface area contributed by atoms with Crippen LogP contribution < -0.4 is 4.90 Å². The summed E-state index contributed by atoms with van der Waals surface area (Å²) in [5.41, 5.74) is 14.3. The number of para-hydroxylation sites is 5. The molecule has 0 radical (unpaired) electrons. The molecule has 12 rings (SSSR count). The van der Waals surface area contributed by atoms with Crippen molar-refractivity contribution in [1.82, 2.24) is 4.57 Å². The van der Waals surface area contributed by atoms with Gasteiger partial charge in [-0.05, 0) is 65.7 Å². The van der Waals surface area contributed by atoms with Gasteiger partial charge in [0.25, 0.3) is 0 Å². The Balaban J connectivity index is 1.21. The Morgan fingerprint density at radius 1 is 0.362 bits per heavy atom. The molecule has 272 valence electrons. The molecule has 4 nitrogen and oxygen atoms in total. The third-order valence-corrected chi connectivity index (χ3v) is 11.6. The van der Waals surface area contributed by atoms with Gasteiger partial charge < -0.3 is 18.3 Å². The molecule has 58 heavy (non-hydrogen) atoms. The van der Waals surface area contributed by atoms with Crippen LogP contribution >= 0.6 is 0 Å². The largest absolute Gasteiger partial charge is 0.456 e. The first-order chi connectivity index (χ1) is 28.8. The number of nitrogens with zero attached hydrogens (tertiary/aromatic N) is 2. The van der Waals surface area contributed by atoms with Crippen molar-refractivity contribution in [3.8, 4) is 27.9 Å². The highest BCUT2D eigenvalue weighted by molar-refractivity contribution is 6.17. The van der Waals surface area contributed by atoms with E-state index in [1.54, 1.807) is 0 Å². The topological polar surface area (TPSA) is 34.5 Å². The molecule has 0 saturated carbocycles. The Hall–Kier alpha value is -7.82. The van der Waals surface area contributed by atoms with Gasteiger partial charge in [0.1, 0.15) is 16.7 Å². The van der Waals surface area contributed by atoms with E-state index in [0.717, 1.165) is 99.9 Å². The quantitative estimate of drug-likeness (QED) is 0.170. The predicted molar refractivity (Wildman–Crippen MR) is 241 cm³/mol. The van der Waals surface area contributed by atoms with Crippen LogP contribution in [-0.4, -0.2) is 4.57 Å². The molecule has 9 aromatic carbocycles. The maximum Gasteiger partial charge on any atom is 0.159 e. The summed E-state index contributed by atoms with van der Waals surface area (Å²) in [4.78, 5) is 2.38. The minimum absolute atomic E-state index is 0.841. The summed E-state index contributed by atoms with van der Waals surface area (Å²) in [7, 11) is 0. The molecule has 0 fully saturated rings. The van der Waals surface area contributed by atoms with Crippen molar-refractivity contribution < 1.29 is 8.83 Å². The number of anilines is 3. The fraction of sp³-hybridized carbons (Fsp3) is 0. The van der Waals surface area contributed by atoms with Crippen molar-refractivity contribution in [2.24, 2.45) is 0 Å². The summed E-state index contributed by atoms with van der Waals surface area (Å²) >= 11 is 0. The molecule has 0 aliphatic rings. The lowest BCUT2D eigenvalue weighted by Crippen LogP contribution is -2.11. The lowest BCUT2D eigenvalue weighted by molar-refractivity contribution is 0.668. The molecule has 3 heterocycles. The Kier molecular flexibility index (Phi) is 7.20. The minimum atomic E-state index is 0.841. The molecule has 0 amide bonds. The molecular formula is C54H34N2O2. The number of hydrogen-bond donors (Lipinski definition) is 0. The van der Waals surface area contributed by atoms with Gasteiger partial charge in [-0.1, -0.05) is 152 Å². The van der Waals surface area contributed by atoms with E-state index in [0.29, 0.717) is 0 Å². The smallest absolute Gasteiger partial charge is 0.159 e. The molecule has 0 aliphatic carbocycles. The van der Waals surface area contributed by atoms with E-state index >= 15 is 0 Å². The third kappa shape index (κ3) is 4.88. The van der Waals surface area contributed by atoms with Gasteiger partial charge in [0.2, 0.25) is 0 Å². The maximum absolute atomic E-state index is 6.77. The molecule has 0 saturated heterocycles. The van der Waals surface area contributed by atoms with Crippen molar-refractivity contribution in [1.29, 1.82) is 0 Å². The van der Waals surface area contributed by atoms with Crippen LogP contribution in [0.15, 0.2) is 215 Å². The Bertz CT molecular complexity index is 3520. The van der Waals surface area contributed by atoms with Gasteiger partial charge in [-0.25, -0.2) is 0 Å². The SMILES string of the molecule is c1ccc(-c2ccccc2N(c2ccc3c4ccccc4n(-c4c(-c5ccccc5)ccc5oc6ccccc6c45)c3c2)c2cccc3c2oc2ccccc23)cc1. The lowest BCUT2D eigenvalue weighted by Gasteiger charge is -2.28. The molecule has 0 atom stereocenters. The highest BCUT2D eigenvalue weighted by atomic mass is 16.3. The number of benzene rings is 9. The molecule has 0 spiro atoms. The number of hydrogen-bond acceptors (Lipinski definition) is 3. The molecule has 4 heteroatoms. The number of furan rings is 2. The van der Waals surface area contributed by atoms with Gasteiger partial charge in [0, 0.05) is 43.7 Å². The molecule has 0 bridgehead atoms. The molecule has 0 aliphatic heterocycles. The van der Waals surface area contributed by atoms with Crippen LogP contribution in [0.25, 0.3) is 93.6 Å². The first-order valence-corrected chi connectivity index (χ1v) is 19.7. The molecule has 3 aromatic heterocycles. The van der Waals surface area contributed by atoms with Crippen LogP contribution in [0.5, 0.6) is 0 Å². The lowest BCUT2D eigenvalue weighted by atomic mass is 9.99. The summed E-state index contributed by atoms with van der Waals surface area (Å²) in [5, 5.41) is 6.70. The van der Waals surface area contributed by atoms with E-state index in [1.807, 2.05) is 12.1 Å². The Morgan fingerprint density at radius 3 is 1.78 bits per heavy atom. The van der Waals surface area contributed by atoms with Crippen molar-refractivity contribution in [2.45, 2.75) is 0 Å². The number of rotatable bonds is 6. The molecule has 0 N–H and O–H groups in total. The summed E-state index contributed by atoms with van der Waals surface area (Å²) in [6.45, 7) is 0. The van der Waals surface area contributed by atoms with Gasteiger partial charge in [-0.15, -0.1) is 0 Å². The van der Waals surface area contributed by atoms with E-state index in [-0.39, 0.29) is 0 Å². The van der Waals surface area contributed by atoms with E-state index in [4.69, 9.17) is 8.83 Å². The van der Waals surface area contributed by atoms with Gasteiger partial charge in [-0.3, -0.25) is 0 Å². The van der Waals surface area contributed by atoms with E-state index in [2.05, 4.69) is 204 Å². The average Bonchev–Trinajstić information content (AvgIpc) is 3.97. The summed E-state index contributed by atoms with van der Waals surface area (Å²) in [6, 6.07) is 73.2. The van der Waals surface area contributed by atoms with Crippen LogP contribution in [0.3, 0.4) is 0 Å². The van der Waals surface area contributed by atoms with Crippen molar-refractivity contribution in [3.63, 3.8) is 0 Å².